The van der Waals surface area contributed by atoms with Crippen molar-refractivity contribution in [3.8, 4) is 0 Å². The average Bonchev–Trinajstić information content (AvgIpc) is 2.34. The molecule has 0 aromatic rings. The lowest BCUT2D eigenvalue weighted by molar-refractivity contribution is -0.0591. The van der Waals surface area contributed by atoms with Crippen molar-refractivity contribution in [2.24, 2.45) is 0 Å². The Morgan fingerprint density at radius 2 is 2.50 bits per heavy atom. The molecule has 0 saturated carbocycles. The molecule has 1 N–H and O–H groups in total. The van der Waals surface area contributed by atoms with Crippen LogP contribution >= 0.6 is 22.6 Å². The van der Waals surface area contributed by atoms with E-state index in [9.17, 15) is 0 Å². The Hall–Kier alpha value is 0.610. The first kappa shape index (κ1) is 8.70. The molecule has 3 nitrogen and oxygen atoms in total. The number of halogens is 1. The van der Waals surface area contributed by atoms with Gasteiger partial charge < -0.3 is 14.6 Å². The number of rotatable bonds is 2. The van der Waals surface area contributed by atoms with Gasteiger partial charge in [0.1, 0.15) is 6.10 Å². The third kappa shape index (κ3) is 2.05. The van der Waals surface area contributed by atoms with Gasteiger partial charge in [-0.25, -0.2) is 0 Å². The summed E-state index contributed by atoms with van der Waals surface area (Å²) in [6, 6.07) is 0. The Morgan fingerprint density at radius 3 is 2.80 bits per heavy atom. The van der Waals surface area contributed by atoms with Crippen molar-refractivity contribution >= 4 is 22.6 Å². The second kappa shape index (κ2) is 3.85. The monoisotopic (exact) mass is 258 g/mol. The third-order valence-corrected chi connectivity index (χ3v) is 1.94. The number of hydrogen-bond donors (Lipinski definition) is 1. The Bertz CT molecular complexity index is 107. The molecule has 0 radical (unpaired) electrons. The first-order valence-corrected chi connectivity index (χ1v) is 4.50. The van der Waals surface area contributed by atoms with Gasteiger partial charge >= 0.3 is 0 Å². The number of hydrogen-bond acceptors (Lipinski definition) is 3. The lowest BCUT2D eigenvalue weighted by Gasteiger charge is -2.11. The highest BCUT2D eigenvalue weighted by molar-refractivity contribution is 14.1. The van der Waals surface area contributed by atoms with Gasteiger partial charge in [0.25, 0.3) is 0 Å². The van der Waals surface area contributed by atoms with Crippen molar-refractivity contribution in [3.63, 3.8) is 0 Å². The normalized spacial score (nSPS) is 36.3. The molecule has 4 heteroatoms. The standard InChI is InChI=1S/C6H11IO3/c1-4(7)6-9-3-5(2-8)10-6/h4-6,8H,2-3H2,1H3/t4-,5+,6-/m0/s1. The number of alkyl halides is 1. The van der Waals surface area contributed by atoms with Gasteiger partial charge in [0.15, 0.2) is 6.29 Å². The molecule has 1 rings (SSSR count). The van der Waals surface area contributed by atoms with E-state index in [-0.39, 0.29) is 19.0 Å². The predicted molar refractivity (Wildman–Crippen MR) is 45.2 cm³/mol. The zero-order valence-electron chi connectivity index (χ0n) is 5.79. The number of aliphatic hydroxyl groups excluding tert-OH is 1. The van der Waals surface area contributed by atoms with Crippen molar-refractivity contribution in [1.82, 2.24) is 0 Å². The Morgan fingerprint density at radius 1 is 1.80 bits per heavy atom. The first-order chi connectivity index (χ1) is 4.74. The van der Waals surface area contributed by atoms with E-state index in [2.05, 4.69) is 22.6 Å². The van der Waals surface area contributed by atoms with Crippen LogP contribution < -0.4 is 0 Å². The van der Waals surface area contributed by atoms with Gasteiger partial charge in [0.05, 0.1) is 17.1 Å². The molecular formula is C6H11IO3. The summed E-state index contributed by atoms with van der Waals surface area (Å²) in [6.45, 7) is 2.60. The second-order valence-electron chi connectivity index (χ2n) is 2.32. The van der Waals surface area contributed by atoms with E-state index >= 15 is 0 Å². The van der Waals surface area contributed by atoms with E-state index in [1.54, 1.807) is 0 Å². The summed E-state index contributed by atoms with van der Waals surface area (Å²) < 4.78 is 10.9. The van der Waals surface area contributed by atoms with Crippen molar-refractivity contribution in [2.75, 3.05) is 13.2 Å². The molecule has 0 bridgehead atoms. The quantitative estimate of drug-likeness (QED) is 0.580. The molecule has 10 heavy (non-hydrogen) atoms. The van der Waals surface area contributed by atoms with Crippen LogP contribution in [0, 0.1) is 0 Å². The van der Waals surface area contributed by atoms with Gasteiger partial charge in [0.2, 0.25) is 0 Å². The van der Waals surface area contributed by atoms with Crippen LogP contribution in [0.1, 0.15) is 6.92 Å². The first-order valence-electron chi connectivity index (χ1n) is 3.26. The van der Waals surface area contributed by atoms with Gasteiger partial charge in [-0.2, -0.15) is 0 Å². The average molecular weight is 258 g/mol. The molecule has 0 unspecified atom stereocenters. The molecule has 1 fully saturated rings. The van der Waals surface area contributed by atoms with Crippen molar-refractivity contribution in [2.45, 2.75) is 23.2 Å². The van der Waals surface area contributed by atoms with Crippen LogP contribution in [-0.4, -0.2) is 34.6 Å². The Balaban J connectivity index is 2.28. The largest absolute Gasteiger partial charge is 0.394 e. The SMILES string of the molecule is C[C@H](I)[C@H]1OC[C@@H](CO)O1. The van der Waals surface area contributed by atoms with Gasteiger partial charge in [-0.1, -0.05) is 22.6 Å². The van der Waals surface area contributed by atoms with Crippen molar-refractivity contribution in [1.29, 1.82) is 0 Å². The van der Waals surface area contributed by atoms with E-state index < -0.39 is 0 Å². The van der Waals surface area contributed by atoms with E-state index in [0.29, 0.717) is 10.5 Å². The minimum absolute atomic E-state index is 0.0554. The zero-order valence-corrected chi connectivity index (χ0v) is 7.95. The van der Waals surface area contributed by atoms with Crippen LogP contribution in [-0.2, 0) is 9.47 Å². The van der Waals surface area contributed by atoms with Gasteiger partial charge in [0, 0.05) is 0 Å². The van der Waals surface area contributed by atoms with Gasteiger partial charge in [-0.3, -0.25) is 0 Å². The predicted octanol–water partition coefficient (Wildman–Crippen LogP) is 0.544. The van der Waals surface area contributed by atoms with E-state index in [4.69, 9.17) is 14.6 Å². The highest BCUT2D eigenvalue weighted by Gasteiger charge is 2.28. The molecule has 60 valence electrons. The fraction of sp³-hybridized carbons (Fsp3) is 1.00. The van der Waals surface area contributed by atoms with Crippen LogP contribution in [0.2, 0.25) is 0 Å². The fourth-order valence-corrected chi connectivity index (χ4v) is 1.18. The molecule has 0 amide bonds. The molecule has 0 spiro atoms. The van der Waals surface area contributed by atoms with E-state index in [1.807, 2.05) is 6.92 Å². The van der Waals surface area contributed by atoms with Crippen LogP contribution in [0.4, 0.5) is 0 Å². The minimum atomic E-state index is -0.127. The van der Waals surface area contributed by atoms with Crippen LogP contribution in [0.5, 0.6) is 0 Å². The summed E-state index contributed by atoms with van der Waals surface area (Å²) in [7, 11) is 0. The maximum Gasteiger partial charge on any atom is 0.169 e. The van der Waals surface area contributed by atoms with Crippen LogP contribution in [0.15, 0.2) is 0 Å². The molecule has 1 aliphatic heterocycles. The molecule has 1 aliphatic rings. The van der Waals surface area contributed by atoms with Crippen molar-refractivity contribution < 1.29 is 14.6 Å². The molecular weight excluding hydrogens is 247 g/mol. The number of ether oxygens (including phenoxy) is 2. The second-order valence-corrected chi connectivity index (χ2v) is 4.28. The lowest BCUT2D eigenvalue weighted by Crippen LogP contribution is -2.21. The van der Waals surface area contributed by atoms with Gasteiger partial charge in [-0.05, 0) is 6.92 Å². The Labute approximate surface area is 73.8 Å². The van der Waals surface area contributed by atoms with Crippen LogP contribution in [0.3, 0.4) is 0 Å². The summed E-state index contributed by atoms with van der Waals surface area (Å²) in [5.41, 5.74) is 0. The summed E-state index contributed by atoms with van der Waals surface area (Å²) in [5.74, 6) is 0. The molecule has 0 aromatic heterocycles. The maximum atomic E-state index is 8.66. The molecule has 0 aliphatic carbocycles. The third-order valence-electron chi connectivity index (χ3n) is 1.35. The summed E-state index contributed by atoms with van der Waals surface area (Å²) in [5, 5.41) is 8.66. The smallest absolute Gasteiger partial charge is 0.169 e. The summed E-state index contributed by atoms with van der Waals surface area (Å²) >= 11 is 2.24. The Kier molecular flexibility index (Phi) is 3.35. The number of aliphatic hydroxyl groups is 1. The highest BCUT2D eigenvalue weighted by atomic mass is 127. The van der Waals surface area contributed by atoms with E-state index in [0.717, 1.165) is 0 Å². The fourth-order valence-electron chi connectivity index (χ4n) is 0.807. The van der Waals surface area contributed by atoms with Crippen molar-refractivity contribution in [3.05, 3.63) is 0 Å². The molecule has 1 heterocycles. The summed E-state index contributed by atoms with van der Waals surface area (Å²) in [6.07, 6.45) is -0.236. The van der Waals surface area contributed by atoms with Gasteiger partial charge in [-0.15, -0.1) is 0 Å². The molecule has 1 saturated heterocycles. The maximum absolute atomic E-state index is 8.66. The molecule has 0 aromatic carbocycles. The molecule has 3 atom stereocenters. The lowest BCUT2D eigenvalue weighted by atomic mass is 10.4. The summed E-state index contributed by atoms with van der Waals surface area (Å²) in [4.78, 5) is 0. The van der Waals surface area contributed by atoms with Crippen LogP contribution in [0.25, 0.3) is 0 Å². The highest BCUT2D eigenvalue weighted by Crippen LogP contribution is 2.18. The minimum Gasteiger partial charge on any atom is -0.394 e. The zero-order chi connectivity index (χ0) is 7.56. The van der Waals surface area contributed by atoms with E-state index in [1.165, 1.54) is 0 Å². The topological polar surface area (TPSA) is 38.7 Å².